The summed E-state index contributed by atoms with van der Waals surface area (Å²) in [6.07, 6.45) is 2.85. The van der Waals surface area contributed by atoms with Crippen molar-refractivity contribution in [2.24, 2.45) is 0 Å². The number of hydrogen-bond donors (Lipinski definition) is 1. The first kappa shape index (κ1) is 22.5. The van der Waals surface area contributed by atoms with Crippen LogP contribution < -0.4 is 14.5 Å². The molecule has 1 aromatic carbocycles. The zero-order chi connectivity index (χ0) is 23.9. The normalized spacial score (nSPS) is 24.3. The van der Waals surface area contributed by atoms with Crippen LogP contribution in [-0.4, -0.2) is 73.3 Å². The Balaban J connectivity index is 1.46. The standard InChI is InChI=1S/C27H32N4O4/c1-17-16-34-10-9-31(17)26-12-24(30-13-20-4-5-21(14-30)35-20)22-6-7-23(28-27(22)29-26)18-3-8-25(33-2)19(11-18)15-32/h3,6-8,11-12,17,20-21,32H,4-5,9-10,13-16H2,1-2H3. The Morgan fingerprint density at radius 3 is 2.66 bits per heavy atom. The van der Waals surface area contributed by atoms with Gasteiger partial charge in [-0.25, -0.2) is 9.97 Å². The molecule has 2 aromatic heterocycles. The van der Waals surface area contributed by atoms with Gasteiger partial charge in [-0.1, -0.05) is 0 Å². The van der Waals surface area contributed by atoms with Crippen LogP contribution in [0.1, 0.15) is 25.3 Å². The lowest BCUT2D eigenvalue weighted by atomic mass is 10.1. The third-order valence-corrected chi connectivity index (χ3v) is 7.43. The van der Waals surface area contributed by atoms with Crippen LogP contribution in [0.3, 0.4) is 0 Å². The van der Waals surface area contributed by atoms with Crippen LogP contribution in [0.5, 0.6) is 5.75 Å². The predicted molar refractivity (Wildman–Crippen MR) is 135 cm³/mol. The Morgan fingerprint density at radius 2 is 1.91 bits per heavy atom. The number of benzene rings is 1. The Hall–Kier alpha value is -2.94. The lowest BCUT2D eigenvalue weighted by Crippen LogP contribution is -2.45. The topological polar surface area (TPSA) is 80.2 Å². The van der Waals surface area contributed by atoms with Gasteiger partial charge in [-0.15, -0.1) is 0 Å². The van der Waals surface area contributed by atoms with Crippen LogP contribution >= 0.6 is 0 Å². The maximum Gasteiger partial charge on any atom is 0.164 e. The van der Waals surface area contributed by atoms with Gasteiger partial charge in [0.25, 0.3) is 0 Å². The fourth-order valence-electron chi connectivity index (χ4n) is 5.58. The number of rotatable bonds is 5. The number of methoxy groups -OCH3 is 1. The van der Waals surface area contributed by atoms with E-state index in [-0.39, 0.29) is 12.6 Å². The number of pyridine rings is 2. The smallest absolute Gasteiger partial charge is 0.164 e. The summed E-state index contributed by atoms with van der Waals surface area (Å²) in [6, 6.07) is 12.4. The van der Waals surface area contributed by atoms with Crippen molar-refractivity contribution in [3.8, 4) is 17.0 Å². The number of anilines is 2. The molecule has 35 heavy (non-hydrogen) atoms. The van der Waals surface area contributed by atoms with Crippen molar-refractivity contribution in [1.82, 2.24) is 9.97 Å². The number of aromatic nitrogens is 2. The fraction of sp³-hybridized carbons (Fsp3) is 0.481. The Labute approximate surface area is 205 Å². The quantitative estimate of drug-likeness (QED) is 0.600. The van der Waals surface area contributed by atoms with Crippen LogP contribution in [0.15, 0.2) is 36.4 Å². The Kier molecular flexibility index (Phi) is 5.96. The van der Waals surface area contributed by atoms with E-state index < -0.39 is 0 Å². The third kappa shape index (κ3) is 4.20. The van der Waals surface area contributed by atoms with E-state index in [0.717, 1.165) is 66.1 Å². The minimum Gasteiger partial charge on any atom is -0.496 e. The molecule has 0 saturated carbocycles. The summed E-state index contributed by atoms with van der Waals surface area (Å²) in [5, 5.41) is 10.8. The summed E-state index contributed by atoms with van der Waals surface area (Å²) < 4.78 is 17.2. The van der Waals surface area contributed by atoms with E-state index in [1.807, 2.05) is 24.3 Å². The number of hydrogen-bond acceptors (Lipinski definition) is 8. The van der Waals surface area contributed by atoms with Gasteiger partial charge in [0.05, 0.1) is 56.6 Å². The number of aliphatic hydroxyl groups is 1. The average molecular weight is 477 g/mol. The van der Waals surface area contributed by atoms with E-state index in [4.69, 9.17) is 24.2 Å². The highest BCUT2D eigenvalue weighted by Crippen LogP contribution is 2.37. The highest BCUT2D eigenvalue weighted by atomic mass is 16.5. The lowest BCUT2D eigenvalue weighted by molar-refractivity contribution is 0.0306. The summed E-state index contributed by atoms with van der Waals surface area (Å²) in [5.41, 5.74) is 4.39. The third-order valence-electron chi connectivity index (χ3n) is 7.43. The number of nitrogens with zero attached hydrogens (tertiary/aromatic N) is 4. The molecule has 3 saturated heterocycles. The van der Waals surface area contributed by atoms with Gasteiger partial charge in [-0.2, -0.15) is 0 Å². The molecule has 3 aliphatic heterocycles. The summed E-state index contributed by atoms with van der Waals surface area (Å²) in [5.74, 6) is 1.61. The average Bonchev–Trinajstić information content (AvgIpc) is 3.24. The number of ether oxygens (including phenoxy) is 3. The number of aliphatic hydroxyl groups excluding tert-OH is 1. The molecule has 184 valence electrons. The molecule has 0 radical (unpaired) electrons. The van der Waals surface area contributed by atoms with Crippen molar-refractivity contribution in [2.75, 3.05) is 49.8 Å². The van der Waals surface area contributed by atoms with Crippen molar-refractivity contribution < 1.29 is 19.3 Å². The molecule has 0 amide bonds. The molecule has 1 N–H and O–H groups in total. The summed E-state index contributed by atoms with van der Waals surface area (Å²) in [6.45, 7) is 6.08. The Bertz CT molecular complexity index is 1220. The fourth-order valence-corrected chi connectivity index (χ4v) is 5.58. The molecule has 6 rings (SSSR count). The molecular formula is C27H32N4O4. The molecular weight excluding hydrogens is 444 g/mol. The molecule has 3 aromatic rings. The van der Waals surface area contributed by atoms with Gasteiger partial charge in [0.15, 0.2) is 5.65 Å². The van der Waals surface area contributed by atoms with Crippen LogP contribution in [-0.2, 0) is 16.1 Å². The summed E-state index contributed by atoms with van der Waals surface area (Å²) in [7, 11) is 1.61. The molecule has 3 unspecified atom stereocenters. The van der Waals surface area contributed by atoms with E-state index >= 15 is 0 Å². The molecule has 5 heterocycles. The Morgan fingerprint density at radius 1 is 1.09 bits per heavy atom. The van der Waals surface area contributed by atoms with Crippen LogP contribution in [0.2, 0.25) is 0 Å². The van der Waals surface area contributed by atoms with Crippen LogP contribution in [0.25, 0.3) is 22.3 Å². The summed E-state index contributed by atoms with van der Waals surface area (Å²) >= 11 is 0. The van der Waals surface area contributed by atoms with Crippen molar-refractivity contribution in [3.05, 3.63) is 42.0 Å². The minimum atomic E-state index is -0.0918. The SMILES string of the molecule is COc1ccc(-c2ccc3c(N4CC5CCC(C4)O5)cc(N4CCOCC4C)nc3n2)cc1CO. The first-order valence-corrected chi connectivity index (χ1v) is 12.5. The van der Waals surface area contributed by atoms with Crippen molar-refractivity contribution in [3.63, 3.8) is 0 Å². The van der Waals surface area contributed by atoms with Crippen molar-refractivity contribution in [1.29, 1.82) is 0 Å². The van der Waals surface area contributed by atoms with Gasteiger partial charge in [0.1, 0.15) is 11.6 Å². The maximum atomic E-state index is 9.78. The molecule has 0 aliphatic carbocycles. The molecule has 0 spiro atoms. The first-order chi connectivity index (χ1) is 17.1. The monoisotopic (exact) mass is 476 g/mol. The second kappa shape index (κ2) is 9.26. The van der Waals surface area contributed by atoms with E-state index in [1.165, 1.54) is 5.69 Å². The maximum absolute atomic E-state index is 9.78. The van der Waals surface area contributed by atoms with Gasteiger partial charge in [0.2, 0.25) is 0 Å². The zero-order valence-corrected chi connectivity index (χ0v) is 20.3. The second-order valence-electron chi connectivity index (χ2n) is 9.73. The minimum absolute atomic E-state index is 0.0918. The molecule has 8 heteroatoms. The van der Waals surface area contributed by atoms with Crippen molar-refractivity contribution in [2.45, 2.75) is 44.6 Å². The molecule has 2 bridgehead atoms. The second-order valence-corrected chi connectivity index (χ2v) is 9.73. The molecule has 8 nitrogen and oxygen atoms in total. The summed E-state index contributed by atoms with van der Waals surface area (Å²) in [4.78, 5) is 14.9. The lowest BCUT2D eigenvalue weighted by Gasteiger charge is -2.37. The van der Waals surface area contributed by atoms with E-state index in [0.29, 0.717) is 31.2 Å². The van der Waals surface area contributed by atoms with Gasteiger partial charge >= 0.3 is 0 Å². The first-order valence-electron chi connectivity index (χ1n) is 12.5. The molecule has 3 atom stereocenters. The predicted octanol–water partition coefficient (Wildman–Crippen LogP) is 3.39. The van der Waals surface area contributed by atoms with Gasteiger partial charge in [-0.3, -0.25) is 0 Å². The van der Waals surface area contributed by atoms with Crippen LogP contribution in [0, 0.1) is 0 Å². The molecule has 3 aliphatic rings. The number of fused-ring (bicyclic) bond motifs is 3. The largest absolute Gasteiger partial charge is 0.496 e. The van der Waals surface area contributed by atoms with Gasteiger partial charge in [0, 0.05) is 42.2 Å². The highest BCUT2D eigenvalue weighted by Gasteiger charge is 2.35. The van der Waals surface area contributed by atoms with Crippen LogP contribution in [0.4, 0.5) is 11.5 Å². The van der Waals surface area contributed by atoms with E-state index in [9.17, 15) is 5.11 Å². The van der Waals surface area contributed by atoms with Gasteiger partial charge in [-0.05, 0) is 50.1 Å². The molecule has 3 fully saturated rings. The van der Waals surface area contributed by atoms with E-state index in [2.05, 4.69) is 28.9 Å². The van der Waals surface area contributed by atoms with Crippen molar-refractivity contribution >= 4 is 22.5 Å². The highest BCUT2D eigenvalue weighted by molar-refractivity contribution is 5.93. The zero-order valence-electron chi connectivity index (χ0n) is 20.3. The van der Waals surface area contributed by atoms with Gasteiger partial charge < -0.3 is 29.1 Å². The number of morpholine rings is 2. The van der Waals surface area contributed by atoms with E-state index in [1.54, 1.807) is 7.11 Å².